The minimum atomic E-state index is -1.22. The number of aromatic nitrogens is 3. The maximum Gasteiger partial charge on any atom is 0.350 e. The number of aliphatic hydroxyl groups is 1. The molecule has 1 aliphatic rings. The predicted molar refractivity (Wildman–Crippen MR) is 159 cm³/mol. The molecule has 1 fully saturated rings. The number of anilines is 1. The largest absolute Gasteiger partial charge is 0.505 e. The Morgan fingerprint density at radius 3 is 2.64 bits per heavy atom. The number of thiazole rings is 1. The zero-order valence-electron chi connectivity index (χ0n) is 23.0. The van der Waals surface area contributed by atoms with Gasteiger partial charge in [-0.25, -0.2) is 14.8 Å². The van der Waals surface area contributed by atoms with Crippen LogP contribution >= 0.6 is 27.3 Å². The number of amides is 1. The summed E-state index contributed by atoms with van der Waals surface area (Å²) < 4.78 is 12.5. The summed E-state index contributed by atoms with van der Waals surface area (Å²) >= 11 is 4.17. The molecule has 1 amide bonds. The van der Waals surface area contributed by atoms with E-state index in [4.69, 9.17) is 9.47 Å². The number of pyridine rings is 1. The predicted octanol–water partition coefficient (Wildman–Crippen LogP) is 5.16. The molecule has 0 radical (unpaired) electrons. The van der Waals surface area contributed by atoms with Crippen molar-refractivity contribution in [3.8, 4) is 11.5 Å². The summed E-state index contributed by atoms with van der Waals surface area (Å²) in [4.78, 5) is 50.3. The molecule has 2 N–H and O–H groups in total. The molecule has 1 atom stereocenters. The minimum Gasteiger partial charge on any atom is -0.505 e. The normalized spacial score (nSPS) is 16.3. The smallest absolute Gasteiger partial charge is 0.350 e. The molecule has 0 aliphatic carbocycles. The Bertz CT molecular complexity index is 1840. The van der Waals surface area contributed by atoms with Gasteiger partial charge in [-0.2, -0.15) is 0 Å². The fraction of sp³-hybridized carbons (Fsp3) is 0.207. The van der Waals surface area contributed by atoms with Gasteiger partial charge < -0.3 is 24.1 Å². The molecule has 5 rings (SSSR count). The van der Waals surface area contributed by atoms with Crippen molar-refractivity contribution in [2.24, 2.45) is 0 Å². The highest BCUT2D eigenvalue weighted by Crippen LogP contribution is 2.47. The number of halogens is 1. The summed E-state index contributed by atoms with van der Waals surface area (Å²) in [6.45, 7) is 8.71. The van der Waals surface area contributed by atoms with Gasteiger partial charge in [0, 0.05) is 6.20 Å². The van der Waals surface area contributed by atoms with Crippen LogP contribution in [-0.2, 0) is 14.3 Å². The Kier molecular flexibility index (Phi) is 7.64. The van der Waals surface area contributed by atoms with E-state index >= 15 is 0 Å². The molecule has 216 valence electrons. The molecule has 4 heterocycles. The first-order valence-electron chi connectivity index (χ1n) is 12.6. The minimum absolute atomic E-state index is 0.0187. The number of esters is 1. The van der Waals surface area contributed by atoms with E-state index in [0.29, 0.717) is 22.6 Å². The number of ketones is 1. The summed E-state index contributed by atoms with van der Waals surface area (Å²) in [6.07, 6.45) is 3.21. The molecule has 13 heteroatoms. The fourth-order valence-corrected chi connectivity index (χ4v) is 6.25. The van der Waals surface area contributed by atoms with Crippen molar-refractivity contribution in [1.82, 2.24) is 14.4 Å². The van der Waals surface area contributed by atoms with Crippen molar-refractivity contribution in [2.75, 3.05) is 18.6 Å². The third kappa shape index (κ3) is 4.64. The highest BCUT2D eigenvalue weighted by Gasteiger charge is 2.49. The van der Waals surface area contributed by atoms with Gasteiger partial charge in [-0.1, -0.05) is 30.1 Å². The summed E-state index contributed by atoms with van der Waals surface area (Å²) in [5, 5.41) is 22.2. The monoisotopic (exact) mass is 652 g/mol. The van der Waals surface area contributed by atoms with E-state index in [1.54, 1.807) is 24.4 Å². The molecule has 0 saturated carbocycles. The first-order chi connectivity index (χ1) is 20.0. The van der Waals surface area contributed by atoms with E-state index in [1.807, 2.05) is 19.1 Å². The maximum atomic E-state index is 13.7. The third-order valence-corrected chi connectivity index (χ3v) is 8.59. The number of hydrogen-bond acceptors (Lipinski definition) is 10. The van der Waals surface area contributed by atoms with Crippen LogP contribution in [0.5, 0.6) is 11.5 Å². The molecular weight excluding hydrogens is 628 g/mol. The summed E-state index contributed by atoms with van der Waals surface area (Å²) in [5.41, 5.74) is 2.47. The van der Waals surface area contributed by atoms with E-state index in [1.165, 1.54) is 25.3 Å². The fourth-order valence-electron chi connectivity index (χ4n) is 4.80. The lowest BCUT2D eigenvalue weighted by Gasteiger charge is -2.23. The number of aliphatic hydroxyl groups excluding tert-OH is 1. The van der Waals surface area contributed by atoms with Crippen molar-refractivity contribution >= 4 is 61.5 Å². The molecule has 0 bridgehead atoms. The molecule has 42 heavy (non-hydrogen) atoms. The lowest BCUT2D eigenvalue weighted by Crippen LogP contribution is -2.29. The zero-order chi connectivity index (χ0) is 30.5. The van der Waals surface area contributed by atoms with Crippen LogP contribution in [0.25, 0.3) is 11.4 Å². The molecule has 1 unspecified atom stereocenters. The number of phenolic OH excluding ortho intramolecular Hbond substituents is 1. The lowest BCUT2D eigenvalue weighted by molar-refractivity contribution is -0.132. The molecule has 1 saturated heterocycles. The molecule has 0 spiro atoms. The molecule has 4 aromatic rings. The Morgan fingerprint density at radius 1 is 1.24 bits per heavy atom. The van der Waals surface area contributed by atoms with Gasteiger partial charge in [0.1, 0.15) is 22.8 Å². The highest BCUT2D eigenvalue weighted by atomic mass is 79.9. The van der Waals surface area contributed by atoms with E-state index in [9.17, 15) is 24.6 Å². The van der Waals surface area contributed by atoms with Gasteiger partial charge in [-0.3, -0.25) is 14.5 Å². The summed E-state index contributed by atoms with van der Waals surface area (Å²) in [7, 11) is 1.36. The molecular formula is C29H25BrN4O7S. The molecule has 3 aromatic heterocycles. The van der Waals surface area contributed by atoms with Crippen molar-refractivity contribution in [1.29, 1.82) is 0 Å². The second-order valence-corrected chi connectivity index (χ2v) is 11.3. The van der Waals surface area contributed by atoms with Crippen LogP contribution in [0.3, 0.4) is 0 Å². The average molecular weight is 654 g/mol. The first-order valence-corrected chi connectivity index (χ1v) is 14.2. The Labute approximate surface area is 252 Å². The van der Waals surface area contributed by atoms with Gasteiger partial charge in [0.05, 0.1) is 34.6 Å². The standard InChI is InChI=1S/C29H25BrN4O7S/c1-6-10-41-28(39)25-14(3)31-29(42-25)34-21(16-11-17(30)22(35)18(12-16)40-5)19(24(37)27(34)38)23(36)20-15(4)33-9-7-8-13(2)26(33)32-20/h6-9,11-12,21,35-36H,1,10H2,2-5H3/b23-19+. The number of imidazole rings is 1. The van der Waals surface area contributed by atoms with Crippen molar-refractivity contribution in [2.45, 2.75) is 26.8 Å². The first kappa shape index (κ1) is 29.0. The number of fused-ring (bicyclic) bond motifs is 1. The zero-order valence-corrected chi connectivity index (χ0v) is 25.4. The van der Waals surface area contributed by atoms with E-state index < -0.39 is 29.5 Å². The topological polar surface area (TPSA) is 144 Å². The Morgan fingerprint density at radius 2 is 1.98 bits per heavy atom. The van der Waals surface area contributed by atoms with Crippen LogP contribution in [0, 0.1) is 20.8 Å². The second kappa shape index (κ2) is 11.1. The number of methoxy groups -OCH3 is 1. The number of benzene rings is 1. The number of nitrogens with zero attached hydrogens (tertiary/aromatic N) is 4. The number of rotatable bonds is 7. The van der Waals surface area contributed by atoms with E-state index in [0.717, 1.165) is 21.8 Å². The van der Waals surface area contributed by atoms with Crippen molar-refractivity contribution in [3.05, 3.63) is 86.2 Å². The number of phenols is 1. The maximum absolute atomic E-state index is 13.7. The van der Waals surface area contributed by atoms with Crippen molar-refractivity contribution in [3.63, 3.8) is 0 Å². The SMILES string of the molecule is C=CCOC(=O)c1sc(N2C(=O)C(=O)/C(=C(/O)c3nc4c(C)cccn4c3C)C2c2cc(Br)c(O)c(OC)c2)nc1C. The number of carbonyl (C=O) groups excluding carboxylic acids is 3. The van der Waals surface area contributed by atoms with Crippen LogP contribution in [0.1, 0.15) is 43.9 Å². The van der Waals surface area contributed by atoms with Crippen LogP contribution < -0.4 is 9.64 Å². The number of carbonyl (C=O) groups is 3. The van der Waals surface area contributed by atoms with Crippen LogP contribution in [0.15, 0.2) is 53.2 Å². The van der Waals surface area contributed by atoms with Gasteiger partial charge in [0.15, 0.2) is 22.4 Å². The molecule has 11 nitrogen and oxygen atoms in total. The van der Waals surface area contributed by atoms with Gasteiger partial charge in [-0.15, -0.1) is 0 Å². The second-order valence-electron chi connectivity index (χ2n) is 9.45. The highest BCUT2D eigenvalue weighted by molar-refractivity contribution is 9.10. The number of aromatic hydroxyl groups is 1. The van der Waals surface area contributed by atoms with Gasteiger partial charge >= 0.3 is 11.9 Å². The van der Waals surface area contributed by atoms with E-state index in [2.05, 4.69) is 32.5 Å². The van der Waals surface area contributed by atoms with Crippen molar-refractivity contribution < 1.29 is 34.1 Å². The number of hydrogen-bond donors (Lipinski definition) is 2. The summed E-state index contributed by atoms with van der Waals surface area (Å²) in [6, 6.07) is 5.45. The Hall–Kier alpha value is -4.49. The molecule has 1 aliphatic heterocycles. The number of aryl methyl sites for hydroxylation is 3. The number of ether oxygens (including phenoxy) is 2. The lowest BCUT2D eigenvalue weighted by atomic mass is 9.96. The van der Waals surface area contributed by atoms with Crippen LogP contribution in [0.2, 0.25) is 0 Å². The van der Waals surface area contributed by atoms with Crippen LogP contribution in [-0.4, -0.2) is 56.0 Å². The Balaban J connectivity index is 1.76. The van der Waals surface area contributed by atoms with Gasteiger partial charge in [0.2, 0.25) is 0 Å². The quantitative estimate of drug-likeness (QED) is 0.0909. The van der Waals surface area contributed by atoms with Gasteiger partial charge in [0.25, 0.3) is 5.78 Å². The summed E-state index contributed by atoms with van der Waals surface area (Å²) in [5.74, 6) is -3.21. The van der Waals surface area contributed by atoms with E-state index in [-0.39, 0.29) is 43.9 Å². The molecule has 1 aromatic carbocycles. The average Bonchev–Trinajstić information content (AvgIpc) is 3.60. The van der Waals surface area contributed by atoms with Gasteiger partial charge in [-0.05, 0) is 66.0 Å². The number of Topliss-reactive ketones (excluding diaryl/α,β-unsaturated/α-hetero) is 1. The third-order valence-electron chi connectivity index (χ3n) is 6.85. The van der Waals surface area contributed by atoms with Crippen LogP contribution in [0.4, 0.5) is 5.13 Å².